The van der Waals surface area contributed by atoms with Gasteiger partial charge in [0, 0.05) is 32.8 Å². The maximum absolute atomic E-state index is 5.73. The predicted molar refractivity (Wildman–Crippen MR) is 118 cm³/mol. The number of nitrogens with one attached hydrogen (secondary N) is 2. The molecule has 0 aromatic carbocycles. The first-order valence-corrected chi connectivity index (χ1v) is 10.9. The number of fused-ring (bicyclic) bond motifs is 1. The molecule has 3 aromatic heterocycles. The molecule has 1 fully saturated rings. The number of rotatable bonds is 8. The van der Waals surface area contributed by atoms with Gasteiger partial charge in [-0.1, -0.05) is 12.5 Å². The lowest BCUT2D eigenvalue weighted by atomic mass is 10.1. The minimum atomic E-state index is 0.223. The normalized spacial score (nSPS) is 16.6. The highest BCUT2D eigenvalue weighted by atomic mass is 16.3. The summed E-state index contributed by atoms with van der Waals surface area (Å²) >= 11 is 0. The van der Waals surface area contributed by atoms with E-state index in [-0.39, 0.29) is 6.04 Å². The number of piperidine rings is 1. The Morgan fingerprint density at radius 2 is 2.03 bits per heavy atom. The van der Waals surface area contributed by atoms with Crippen LogP contribution in [-0.4, -0.2) is 58.7 Å². The molecule has 0 amide bonds. The molecule has 0 radical (unpaired) electrons. The first-order chi connectivity index (χ1) is 14.8. The van der Waals surface area contributed by atoms with Crippen molar-refractivity contribution in [2.24, 2.45) is 4.99 Å². The molecule has 4 rings (SSSR count). The third-order valence-electron chi connectivity index (χ3n) is 5.64. The Morgan fingerprint density at radius 3 is 2.83 bits per heavy atom. The van der Waals surface area contributed by atoms with Gasteiger partial charge >= 0.3 is 0 Å². The van der Waals surface area contributed by atoms with E-state index in [1.807, 2.05) is 41.9 Å². The zero-order chi connectivity index (χ0) is 20.6. The van der Waals surface area contributed by atoms with Gasteiger partial charge in [-0.3, -0.25) is 14.3 Å². The molecule has 2 N–H and O–H groups in total. The second-order valence-electron chi connectivity index (χ2n) is 7.66. The Balaban J connectivity index is 1.26. The third-order valence-corrected chi connectivity index (χ3v) is 5.64. The van der Waals surface area contributed by atoms with Crippen molar-refractivity contribution < 1.29 is 4.42 Å². The van der Waals surface area contributed by atoms with Gasteiger partial charge < -0.3 is 15.1 Å². The van der Waals surface area contributed by atoms with Gasteiger partial charge in [-0.15, -0.1) is 10.2 Å². The van der Waals surface area contributed by atoms with E-state index in [0.29, 0.717) is 0 Å². The molecule has 1 atom stereocenters. The lowest BCUT2D eigenvalue weighted by Gasteiger charge is -2.33. The van der Waals surface area contributed by atoms with Gasteiger partial charge in [0.15, 0.2) is 11.6 Å². The van der Waals surface area contributed by atoms with Gasteiger partial charge in [-0.05, 0) is 56.6 Å². The highest BCUT2D eigenvalue weighted by Gasteiger charge is 2.24. The minimum absolute atomic E-state index is 0.223. The lowest BCUT2D eigenvalue weighted by molar-refractivity contribution is 0.146. The van der Waals surface area contributed by atoms with Crippen molar-refractivity contribution in [3.8, 4) is 0 Å². The largest absolute Gasteiger partial charge is 0.468 e. The number of guanidine groups is 1. The van der Waals surface area contributed by atoms with Crippen LogP contribution >= 0.6 is 0 Å². The van der Waals surface area contributed by atoms with E-state index in [2.05, 4.69) is 36.8 Å². The molecule has 1 saturated heterocycles. The van der Waals surface area contributed by atoms with Gasteiger partial charge in [-0.2, -0.15) is 0 Å². The predicted octanol–water partition coefficient (Wildman–Crippen LogP) is 2.65. The number of hydrogen-bond donors (Lipinski definition) is 2. The molecule has 1 aliphatic rings. The maximum atomic E-state index is 5.73. The van der Waals surface area contributed by atoms with Crippen LogP contribution in [0.3, 0.4) is 0 Å². The van der Waals surface area contributed by atoms with E-state index < -0.39 is 0 Å². The molecule has 0 saturated carbocycles. The van der Waals surface area contributed by atoms with Gasteiger partial charge in [0.05, 0.1) is 12.3 Å². The lowest BCUT2D eigenvalue weighted by Crippen LogP contribution is -2.44. The van der Waals surface area contributed by atoms with Crippen molar-refractivity contribution in [1.29, 1.82) is 0 Å². The fourth-order valence-electron chi connectivity index (χ4n) is 4.05. The number of aromatic nitrogens is 3. The summed E-state index contributed by atoms with van der Waals surface area (Å²) in [5, 5.41) is 15.4. The fourth-order valence-corrected chi connectivity index (χ4v) is 4.05. The summed E-state index contributed by atoms with van der Waals surface area (Å²) in [6.45, 7) is 3.81. The van der Waals surface area contributed by atoms with E-state index in [1.54, 1.807) is 6.26 Å². The summed E-state index contributed by atoms with van der Waals surface area (Å²) in [6.07, 6.45) is 9.39. The fraction of sp³-hybridized carbons (Fsp3) is 0.500. The molecule has 4 heterocycles. The molecular weight excluding hydrogens is 378 g/mol. The van der Waals surface area contributed by atoms with Gasteiger partial charge in [-0.25, -0.2) is 0 Å². The highest BCUT2D eigenvalue weighted by Crippen LogP contribution is 2.24. The minimum Gasteiger partial charge on any atom is -0.468 e. The van der Waals surface area contributed by atoms with Crippen LogP contribution in [0, 0.1) is 0 Å². The van der Waals surface area contributed by atoms with Crippen molar-refractivity contribution in [2.75, 3.05) is 33.2 Å². The van der Waals surface area contributed by atoms with Crippen LogP contribution in [0.4, 0.5) is 0 Å². The van der Waals surface area contributed by atoms with Crippen LogP contribution in [0.1, 0.15) is 43.3 Å². The standard InChI is InChI=1S/C22H31N7O/c1-23-22(24-12-7-11-21-27-26-20-10-3-6-15-29(20)21)25-17-18(19-9-8-16-30-19)28-13-4-2-5-14-28/h3,6,8-10,15-16,18H,2,4-5,7,11-14,17H2,1H3,(H2,23,24,25). The SMILES string of the molecule is CN=C(NCCCc1nnc2ccccn12)NCC(c1ccco1)N1CCCCC1. The molecule has 1 unspecified atom stereocenters. The molecule has 0 spiro atoms. The quantitative estimate of drug-likeness (QED) is 0.338. The number of furan rings is 1. The van der Waals surface area contributed by atoms with Crippen molar-refractivity contribution >= 4 is 11.6 Å². The van der Waals surface area contributed by atoms with Crippen LogP contribution in [0.2, 0.25) is 0 Å². The number of aliphatic imine (C=N–C) groups is 1. The first kappa shape index (κ1) is 20.4. The number of pyridine rings is 1. The van der Waals surface area contributed by atoms with Gasteiger partial charge in [0.2, 0.25) is 0 Å². The smallest absolute Gasteiger partial charge is 0.191 e. The molecule has 3 aromatic rings. The number of aryl methyl sites for hydroxylation is 1. The van der Waals surface area contributed by atoms with Crippen LogP contribution in [0.15, 0.2) is 52.2 Å². The number of hydrogen-bond acceptors (Lipinski definition) is 5. The summed E-state index contributed by atoms with van der Waals surface area (Å²) in [5.74, 6) is 2.81. The topological polar surface area (TPSA) is 83.0 Å². The second kappa shape index (κ2) is 10.2. The maximum Gasteiger partial charge on any atom is 0.191 e. The van der Waals surface area contributed by atoms with Crippen molar-refractivity contribution in [3.05, 3.63) is 54.4 Å². The molecule has 30 heavy (non-hydrogen) atoms. The Kier molecular flexibility index (Phi) is 6.97. The average molecular weight is 410 g/mol. The summed E-state index contributed by atoms with van der Waals surface area (Å²) < 4.78 is 7.77. The van der Waals surface area contributed by atoms with Crippen molar-refractivity contribution in [2.45, 2.75) is 38.1 Å². The Bertz CT molecular complexity index is 928. The monoisotopic (exact) mass is 409 g/mol. The molecule has 8 nitrogen and oxygen atoms in total. The van der Waals surface area contributed by atoms with Gasteiger partial charge in [0.25, 0.3) is 0 Å². The van der Waals surface area contributed by atoms with Crippen molar-refractivity contribution in [3.63, 3.8) is 0 Å². The van der Waals surface area contributed by atoms with Crippen LogP contribution in [0.5, 0.6) is 0 Å². The second-order valence-corrected chi connectivity index (χ2v) is 7.66. The van der Waals surface area contributed by atoms with Crippen LogP contribution < -0.4 is 10.6 Å². The molecular formula is C22H31N7O. The van der Waals surface area contributed by atoms with E-state index in [0.717, 1.165) is 62.2 Å². The van der Waals surface area contributed by atoms with E-state index in [4.69, 9.17) is 4.42 Å². The summed E-state index contributed by atoms with van der Waals surface area (Å²) in [6, 6.07) is 10.2. The number of nitrogens with zero attached hydrogens (tertiary/aromatic N) is 5. The summed E-state index contributed by atoms with van der Waals surface area (Å²) in [7, 11) is 1.81. The molecule has 1 aliphatic heterocycles. The number of likely N-dealkylation sites (tertiary alicyclic amines) is 1. The Hall–Kier alpha value is -2.87. The Labute approximate surface area is 177 Å². The molecule has 0 aliphatic carbocycles. The van der Waals surface area contributed by atoms with Crippen molar-refractivity contribution in [1.82, 2.24) is 30.1 Å². The molecule has 0 bridgehead atoms. The zero-order valence-corrected chi connectivity index (χ0v) is 17.6. The van der Waals surface area contributed by atoms with E-state index >= 15 is 0 Å². The third kappa shape index (κ3) is 4.99. The summed E-state index contributed by atoms with van der Waals surface area (Å²) in [5.41, 5.74) is 0.889. The van der Waals surface area contributed by atoms with Crippen LogP contribution in [0.25, 0.3) is 5.65 Å². The Morgan fingerprint density at radius 1 is 1.13 bits per heavy atom. The zero-order valence-electron chi connectivity index (χ0n) is 17.6. The highest BCUT2D eigenvalue weighted by molar-refractivity contribution is 5.79. The van der Waals surface area contributed by atoms with Crippen LogP contribution in [-0.2, 0) is 6.42 Å². The van der Waals surface area contributed by atoms with Gasteiger partial charge in [0.1, 0.15) is 11.6 Å². The summed E-state index contributed by atoms with van der Waals surface area (Å²) in [4.78, 5) is 6.90. The van der Waals surface area contributed by atoms with E-state index in [9.17, 15) is 0 Å². The molecule has 160 valence electrons. The molecule has 8 heteroatoms. The average Bonchev–Trinajstić information content (AvgIpc) is 3.47. The first-order valence-electron chi connectivity index (χ1n) is 10.9. The van der Waals surface area contributed by atoms with E-state index in [1.165, 1.54) is 19.3 Å².